The lowest BCUT2D eigenvalue weighted by Crippen LogP contribution is -2.26. The van der Waals surface area contributed by atoms with Crippen LogP contribution in [0.25, 0.3) is 11.4 Å². The summed E-state index contributed by atoms with van der Waals surface area (Å²) in [5.74, 6) is 1.86. The van der Waals surface area contributed by atoms with Gasteiger partial charge in [-0.15, -0.1) is 16.8 Å². The molecule has 144 valence electrons. The van der Waals surface area contributed by atoms with Crippen molar-refractivity contribution < 1.29 is 9.21 Å². The van der Waals surface area contributed by atoms with Crippen LogP contribution in [0.15, 0.2) is 46.2 Å². The first-order valence-electron chi connectivity index (χ1n) is 9.35. The maximum atomic E-state index is 12.2. The zero-order valence-corrected chi connectivity index (χ0v) is 16.6. The molecule has 0 aliphatic heterocycles. The van der Waals surface area contributed by atoms with E-state index in [1.807, 2.05) is 17.6 Å². The summed E-state index contributed by atoms with van der Waals surface area (Å²) in [6, 6.07) is 1.88. The molecule has 2 aromatic rings. The van der Waals surface area contributed by atoms with Crippen LogP contribution in [0.3, 0.4) is 0 Å². The molecule has 0 fully saturated rings. The quantitative estimate of drug-likeness (QED) is 0.518. The second kappa shape index (κ2) is 9.60. The Bertz CT molecular complexity index is 822. The maximum Gasteiger partial charge on any atom is 0.230 e. The number of thioether (sulfide) groups is 1. The fraction of sp³-hybridized carbons (Fsp3) is 0.450. The third kappa shape index (κ3) is 5.13. The Morgan fingerprint density at radius 3 is 3.04 bits per heavy atom. The van der Waals surface area contributed by atoms with Crippen molar-refractivity contribution in [2.75, 3.05) is 12.3 Å². The van der Waals surface area contributed by atoms with Crippen molar-refractivity contribution >= 4 is 17.7 Å². The van der Waals surface area contributed by atoms with E-state index in [-0.39, 0.29) is 5.91 Å². The van der Waals surface area contributed by atoms with E-state index < -0.39 is 0 Å². The maximum absolute atomic E-state index is 12.2. The van der Waals surface area contributed by atoms with Gasteiger partial charge in [-0.25, -0.2) is 0 Å². The smallest absolute Gasteiger partial charge is 0.230 e. The Morgan fingerprint density at radius 1 is 1.44 bits per heavy atom. The van der Waals surface area contributed by atoms with Gasteiger partial charge < -0.3 is 9.73 Å². The molecule has 0 unspecified atom stereocenters. The number of furan rings is 1. The first kappa shape index (κ1) is 19.5. The first-order chi connectivity index (χ1) is 13.2. The highest BCUT2D eigenvalue weighted by Crippen LogP contribution is 2.27. The molecule has 6 nitrogen and oxygen atoms in total. The molecule has 0 saturated carbocycles. The van der Waals surface area contributed by atoms with Crippen LogP contribution in [-0.4, -0.2) is 33.0 Å². The van der Waals surface area contributed by atoms with Crippen LogP contribution in [0, 0.1) is 6.92 Å². The van der Waals surface area contributed by atoms with E-state index in [4.69, 9.17) is 4.42 Å². The van der Waals surface area contributed by atoms with Crippen molar-refractivity contribution in [3.05, 3.63) is 42.4 Å². The molecule has 3 rings (SSSR count). The second-order valence-corrected chi connectivity index (χ2v) is 7.54. The van der Waals surface area contributed by atoms with E-state index in [0.717, 1.165) is 23.6 Å². The number of aryl methyl sites for hydroxylation is 1. The summed E-state index contributed by atoms with van der Waals surface area (Å²) in [7, 11) is 0. The lowest BCUT2D eigenvalue weighted by atomic mass is 9.97. The molecule has 0 radical (unpaired) electrons. The SMILES string of the molecule is C=CCn1c(SCC(=O)NCCC2=CCCCC2)nnc1-c1ccoc1C. The average Bonchev–Trinajstić information content (AvgIpc) is 3.27. The molecule has 1 amide bonds. The lowest BCUT2D eigenvalue weighted by Gasteiger charge is -2.13. The molecule has 1 aliphatic rings. The zero-order valence-electron chi connectivity index (χ0n) is 15.7. The topological polar surface area (TPSA) is 73.0 Å². The predicted octanol–water partition coefficient (Wildman–Crippen LogP) is 4.13. The van der Waals surface area contributed by atoms with E-state index >= 15 is 0 Å². The van der Waals surface area contributed by atoms with Crippen molar-refractivity contribution in [3.63, 3.8) is 0 Å². The van der Waals surface area contributed by atoms with Gasteiger partial charge >= 0.3 is 0 Å². The minimum atomic E-state index is 0.0191. The molecular weight excluding hydrogens is 360 g/mol. The van der Waals surface area contributed by atoms with E-state index in [9.17, 15) is 4.79 Å². The largest absolute Gasteiger partial charge is 0.469 e. The molecule has 0 atom stereocenters. The van der Waals surface area contributed by atoms with Crippen LogP contribution >= 0.6 is 11.8 Å². The number of amides is 1. The molecule has 27 heavy (non-hydrogen) atoms. The van der Waals surface area contributed by atoms with E-state index in [2.05, 4.69) is 28.2 Å². The minimum absolute atomic E-state index is 0.0191. The lowest BCUT2D eigenvalue weighted by molar-refractivity contribution is -0.118. The summed E-state index contributed by atoms with van der Waals surface area (Å²) >= 11 is 1.39. The molecule has 2 aromatic heterocycles. The Labute approximate surface area is 164 Å². The van der Waals surface area contributed by atoms with Gasteiger partial charge in [0.25, 0.3) is 0 Å². The summed E-state index contributed by atoms with van der Waals surface area (Å²) in [5.41, 5.74) is 2.38. The number of aromatic nitrogens is 3. The monoisotopic (exact) mass is 386 g/mol. The van der Waals surface area contributed by atoms with Crippen molar-refractivity contribution in [2.24, 2.45) is 0 Å². The Balaban J connectivity index is 1.55. The Hall–Kier alpha value is -2.28. The highest BCUT2D eigenvalue weighted by molar-refractivity contribution is 7.99. The van der Waals surface area contributed by atoms with Crippen LogP contribution < -0.4 is 5.32 Å². The van der Waals surface area contributed by atoms with Gasteiger partial charge in [-0.05, 0) is 45.1 Å². The third-order valence-corrected chi connectivity index (χ3v) is 5.58. The van der Waals surface area contributed by atoms with Crippen LogP contribution in [0.1, 0.15) is 37.9 Å². The number of carbonyl (C=O) groups is 1. The van der Waals surface area contributed by atoms with Gasteiger partial charge in [-0.2, -0.15) is 0 Å². The highest BCUT2D eigenvalue weighted by atomic mass is 32.2. The van der Waals surface area contributed by atoms with Crippen molar-refractivity contribution in [1.29, 1.82) is 0 Å². The molecule has 0 saturated heterocycles. The van der Waals surface area contributed by atoms with Gasteiger partial charge in [-0.3, -0.25) is 9.36 Å². The van der Waals surface area contributed by atoms with Gasteiger partial charge in [0.15, 0.2) is 11.0 Å². The number of hydrogen-bond acceptors (Lipinski definition) is 5. The summed E-state index contributed by atoms with van der Waals surface area (Å²) in [5, 5.41) is 12.2. The van der Waals surface area contributed by atoms with Crippen molar-refractivity contribution in [1.82, 2.24) is 20.1 Å². The van der Waals surface area contributed by atoms with Gasteiger partial charge in [0.05, 0.1) is 17.6 Å². The fourth-order valence-corrected chi connectivity index (χ4v) is 3.96. The molecule has 0 spiro atoms. The number of nitrogens with one attached hydrogen (secondary N) is 1. The Kier molecular flexibility index (Phi) is 6.92. The summed E-state index contributed by atoms with van der Waals surface area (Å²) < 4.78 is 7.33. The normalized spacial score (nSPS) is 14.0. The standard InChI is InChI=1S/C20H26N4O2S/c1-3-12-24-19(17-10-13-26-15(17)2)22-23-20(24)27-14-18(25)21-11-9-16-7-5-4-6-8-16/h3,7,10,13H,1,4-6,8-9,11-12,14H2,2H3,(H,21,25). The summed E-state index contributed by atoms with van der Waals surface area (Å²) in [4.78, 5) is 12.2. The van der Waals surface area contributed by atoms with Crippen molar-refractivity contribution in [3.8, 4) is 11.4 Å². The van der Waals surface area contributed by atoms with Crippen LogP contribution in [0.2, 0.25) is 0 Å². The number of allylic oxidation sites excluding steroid dienone is 2. The molecule has 0 aromatic carbocycles. The van der Waals surface area contributed by atoms with E-state index in [1.54, 1.807) is 12.3 Å². The van der Waals surface area contributed by atoms with Gasteiger partial charge in [0.2, 0.25) is 5.91 Å². The molecule has 7 heteroatoms. The molecule has 1 N–H and O–H groups in total. The number of carbonyl (C=O) groups excluding carboxylic acids is 1. The predicted molar refractivity (Wildman–Crippen MR) is 108 cm³/mol. The Morgan fingerprint density at radius 2 is 2.33 bits per heavy atom. The molecular formula is C20H26N4O2S. The number of hydrogen-bond donors (Lipinski definition) is 1. The number of nitrogens with zero attached hydrogens (tertiary/aromatic N) is 3. The van der Waals surface area contributed by atoms with Crippen molar-refractivity contribution in [2.45, 2.75) is 50.7 Å². The number of rotatable bonds is 9. The molecule has 0 bridgehead atoms. The van der Waals surface area contributed by atoms with Crippen LogP contribution in [-0.2, 0) is 11.3 Å². The summed E-state index contributed by atoms with van der Waals surface area (Å²) in [6.07, 6.45) is 11.6. The van der Waals surface area contributed by atoms with Gasteiger partial charge in [-0.1, -0.05) is 29.5 Å². The van der Waals surface area contributed by atoms with Crippen LogP contribution in [0.5, 0.6) is 0 Å². The molecule has 1 aliphatic carbocycles. The molecule has 2 heterocycles. The minimum Gasteiger partial charge on any atom is -0.469 e. The zero-order chi connectivity index (χ0) is 19.1. The fourth-order valence-electron chi connectivity index (χ4n) is 3.18. The first-order valence-corrected chi connectivity index (χ1v) is 10.3. The third-order valence-electron chi connectivity index (χ3n) is 4.61. The highest BCUT2D eigenvalue weighted by Gasteiger charge is 2.17. The second-order valence-electron chi connectivity index (χ2n) is 6.59. The average molecular weight is 387 g/mol. The van der Waals surface area contributed by atoms with Gasteiger partial charge in [0, 0.05) is 13.1 Å². The van der Waals surface area contributed by atoms with E-state index in [1.165, 1.54) is 43.0 Å². The van der Waals surface area contributed by atoms with Gasteiger partial charge in [0.1, 0.15) is 5.76 Å². The van der Waals surface area contributed by atoms with Crippen LogP contribution in [0.4, 0.5) is 0 Å². The summed E-state index contributed by atoms with van der Waals surface area (Å²) in [6.45, 7) is 6.97. The van der Waals surface area contributed by atoms with E-state index in [0.29, 0.717) is 24.0 Å².